The van der Waals surface area contributed by atoms with Crippen molar-refractivity contribution in [1.29, 1.82) is 0 Å². The maximum Gasteiger partial charge on any atom is 0.442 e. The first-order chi connectivity index (χ1) is 20.2. The van der Waals surface area contributed by atoms with Crippen LogP contribution < -0.4 is 30.0 Å². The molecule has 2 fully saturated rings. The van der Waals surface area contributed by atoms with Crippen LogP contribution in [0.25, 0.3) is 10.9 Å². The second-order valence-corrected chi connectivity index (χ2v) is 9.79. The zero-order chi connectivity index (χ0) is 28.0. The van der Waals surface area contributed by atoms with E-state index in [1.165, 1.54) is 12.4 Å². The Morgan fingerprint density at radius 1 is 1.05 bits per heavy atom. The molecule has 3 aromatic rings. The van der Waals surface area contributed by atoms with Crippen LogP contribution in [-0.2, 0) is 16.0 Å². The molecule has 6 rings (SSSR count). The summed E-state index contributed by atoms with van der Waals surface area (Å²) in [5, 5.41) is 4.22. The smallest absolute Gasteiger partial charge is 0.442 e. The average Bonchev–Trinajstić information content (AvgIpc) is 3.51. The number of carbonyl (C=O) groups is 1. The van der Waals surface area contributed by atoms with Crippen molar-refractivity contribution in [1.82, 2.24) is 24.4 Å². The number of benzene rings is 1. The predicted octanol–water partition coefficient (Wildman–Crippen LogP) is 1.30. The van der Waals surface area contributed by atoms with Crippen molar-refractivity contribution >= 4 is 28.8 Å². The van der Waals surface area contributed by atoms with E-state index in [0.717, 1.165) is 50.5 Å². The molecule has 14 heteroatoms. The van der Waals surface area contributed by atoms with Crippen molar-refractivity contribution in [2.75, 3.05) is 89.6 Å². The van der Waals surface area contributed by atoms with Gasteiger partial charge in [-0.15, -0.1) is 4.99 Å². The van der Waals surface area contributed by atoms with Gasteiger partial charge in [0.1, 0.15) is 11.3 Å². The molecule has 0 bridgehead atoms. The first kappa shape index (κ1) is 27.2. The Bertz CT molecular complexity index is 1430. The number of methoxy groups -OCH3 is 1. The number of amides is 1. The third-order valence-corrected chi connectivity index (χ3v) is 7.19. The lowest BCUT2D eigenvalue weighted by atomic mass is 10.2. The molecule has 1 N–H and O–H groups in total. The lowest BCUT2D eigenvalue weighted by Crippen LogP contribution is -2.37. The van der Waals surface area contributed by atoms with Crippen LogP contribution in [0.2, 0.25) is 0 Å². The number of hydrogen-bond acceptors (Lipinski definition) is 12. The zero-order valence-corrected chi connectivity index (χ0v) is 23.1. The number of morpholine rings is 2. The maximum absolute atomic E-state index is 12.8. The van der Waals surface area contributed by atoms with Crippen molar-refractivity contribution in [3.63, 3.8) is 0 Å². The van der Waals surface area contributed by atoms with Gasteiger partial charge in [-0.25, -0.2) is 19.7 Å². The molecule has 2 aromatic heterocycles. The first-order valence-corrected chi connectivity index (χ1v) is 13.9. The van der Waals surface area contributed by atoms with Crippen molar-refractivity contribution in [3.8, 4) is 17.2 Å². The second kappa shape index (κ2) is 12.7. The SMILES string of the molecule is COc1c(OCCCN2CCOCC2)ccc2c3n(c(=NC(=O)Oc4cnc(N5CCOCC5)nc4)nc12)CCN3. The summed E-state index contributed by atoms with van der Waals surface area (Å²) in [6.07, 6.45) is 2.98. The van der Waals surface area contributed by atoms with Gasteiger partial charge in [0, 0.05) is 51.2 Å². The monoisotopic (exact) mass is 566 g/mol. The van der Waals surface area contributed by atoms with Crippen molar-refractivity contribution in [2.45, 2.75) is 13.0 Å². The number of fused-ring (bicyclic) bond motifs is 3. The summed E-state index contributed by atoms with van der Waals surface area (Å²) >= 11 is 0. The summed E-state index contributed by atoms with van der Waals surface area (Å²) in [4.78, 5) is 34.7. The predicted molar refractivity (Wildman–Crippen MR) is 149 cm³/mol. The minimum Gasteiger partial charge on any atom is -0.491 e. The van der Waals surface area contributed by atoms with Crippen LogP contribution in [0, 0.1) is 0 Å². The molecule has 0 spiro atoms. The van der Waals surface area contributed by atoms with E-state index in [-0.39, 0.29) is 11.4 Å². The quantitative estimate of drug-likeness (QED) is 0.393. The highest BCUT2D eigenvalue weighted by atomic mass is 16.6. The molecule has 14 nitrogen and oxygen atoms in total. The van der Waals surface area contributed by atoms with Gasteiger partial charge < -0.3 is 33.9 Å². The lowest BCUT2D eigenvalue weighted by molar-refractivity contribution is 0.0357. The van der Waals surface area contributed by atoms with Crippen LogP contribution in [0.4, 0.5) is 16.6 Å². The molecule has 5 heterocycles. The first-order valence-electron chi connectivity index (χ1n) is 13.9. The number of rotatable bonds is 8. The Labute approximate surface area is 236 Å². The fraction of sp³-hybridized carbons (Fsp3) is 0.519. The molecular formula is C27H34N8O6. The Balaban J connectivity index is 1.20. The van der Waals surface area contributed by atoms with Crippen molar-refractivity contribution in [3.05, 3.63) is 30.1 Å². The van der Waals surface area contributed by atoms with Crippen LogP contribution in [0.15, 0.2) is 29.5 Å². The van der Waals surface area contributed by atoms with Gasteiger partial charge in [0.25, 0.3) is 0 Å². The van der Waals surface area contributed by atoms with Crippen LogP contribution in [-0.4, -0.2) is 110 Å². The number of aromatic nitrogens is 4. The fourth-order valence-corrected chi connectivity index (χ4v) is 5.13. The van der Waals surface area contributed by atoms with Gasteiger partial charge in [-0.2, -0.15) is 0 Å². The molecule has 0 unspecified atom stereocenters. The number of anilines is 2. The third-order valence-electron chi connectivity index (χ3n) is 7.19. The van der Waals surface area contributed by atoms with Crippen molar-refractivity contribution in [2.24, 2.45) is 4.99 Å². The number of ether oxygens (including phenoxy) is 5. The zero-order valence-electron chi connectivity index (χ0n) is 23.1. The Morgan fingerprint density at radius 2 is 1.80 bits per heavy atom. The van der Waals surface area contributed by atoms with Crippen LogP contribution >= 0.6 is 0 Å². The molecule has 0 aliphatic carbocycles. The van der Waals surface area contributed by atoms with Crippen LogP contribution in [0.3, 0.4) is 0 Å². The topological polar surface area (TPSA) is 138 Å². The van der Waals surface area contributed by atoms with E-state index in [1.807, 2.05) is 21.6 Å². The average molecular weight is 567 g/mol. The van der Waals surface area contributed by atoms with Crippen molar-refractivity contribution < 1.29 is 28.5 Å². The highest BCUT2D eigenvalue weighted by molar-refractivity contribution is 5.95. The van der Waals surface area contributed by atoms with Gasteiger partial charge in [0.15, 0.2) is 17.2 Å². The van der Waals surface area contributed by atoms with E-state index in [2.05, 4.69) is 25.2 Å². The van der Waals surface area contributed by atoms with Gasteiger partial charge in [0.2, 0.25) is 11.6 Å². The normalized spacial score (nSPS) is 17.8. The molecule has 0 saturated carbocycles. The Kier molecular flexibility index (Phi) is 8.39. The molecule has 0 atom stereocenters. The Hall–Kier alpha value is -4.01. The number of carbonyl (C=O) groups excluding carboxylic acids is 1. The minimum atomic E-state index is -0.823. The van der Waals surface area contributed by atoms with E-state index in [9.17, 15) is 4.79 Å². The van der Waals surface area contributed by atoms with Crippen LogP contribution in [0.1, 0.15) is 6.42 Å². The van der Waals surface area contributed by atoms with Gasteiger partial charge in [-0.1, -0.05) is 0 Å². The molecular weight excluding hydrogens is 532 g/mol. The van der Waals surface area contributed by atoms with E-state index in [1.54, 1.807) is 7.11 Å². The molecule has 0 radical (unpaired) electrons. The molecule has 3 aliphatic heterocycles. The fourth-order valence-electron chi connectivity index (χ4n) is 5.13. The second-order valence-electron chi connectivity index (χ2n) is 9.79. The van der Waals surface area contributed by atoms with Gasteiger partial charge in [-0.3, -0.25) is 9.47 Å². The number of nitrogens with zero attached hydrogens (tertiary/aromatic N) is 7. The standard InChI is InChI=1S/C27H34N8O6/c1-37-23-21(40-12-2-6-33-8-13-38-14-9-33)4-3-20-22(23)31-26(35-7-5-28-24(20)35)32-27(36)41-19-17-29-25(30-18-19)34-10-15-39-16-11-34/h3-4,17-18,28H,2,5-16H2,1H3. The summed E-state index contributed by atoms with van der Waals surface area (Å²) < 4.78 is 29.9. The molecule has 2 saturated heterocycles. The molecule has 1 amide bonds. The highest BCUT2D eigenvalue weighted by Crippen LogP contribution is 2.37. The molecule has 41 heavy (non-hydrogen) atoms. The van der Waals surface area contributed by atoms with E-state index >= 15 is 0 Å². The van der Waals surface area contributed by atoms with Crippen LogP contribution in [0.5, 0.6) is 17.2 Å². The summed E-state index contributed by atoms with van der Waals surface area (Å²) in [5.74, 6) is 2.64. The number of hydrogen-bond donors (Lipinski definition) is 1. The third kappa shape index (κ3) is 6.19. The number of nitrogens with one attached hydrogen (secondary N) is 1. The van der Waals surface area contributed by atoms with Gasteiger partial charge in [-0.05, 0) is 18.6 Å². The molecule has 3 aliphatic rings. The summed E-state index contributed by atoms with van der Waals surface area (Å²) in [6.45, 7) is 8.87. The Morgan fingerprint density at radius 3 is 2.56 bits per heavy atom. The van der Waals surface area contributed by atoms with E-state index < -0.39 is 6.09 Å². The summed E-state index contributed by atoms with van der Waals surface area (Å²) in [7, 11) is 1.58. The summed E-state index contributed by atoms with van der Waals surface area (Å²) in [6, 6.07) is 3.84. The summed E-state index contributed by atoms with van der Waals surface area (Å²) in [5.41, 5.74) is 0.750. The highest BCUT2D eigenvalue weighted by Gasteiger charge is 2.21. The lowest BCUT2D eigenvalue weighted by Gasteiger charge is -2.26. The molecule has 1 aromatic carbocycles. The largest absolute Gasteiger partial charge is 0.491 e. The van der Waals surface area contributed by atoms with Gasteiger partial charge in [0.05, 0.1) is 52.5 Å². The van der Waals surface area contributed by atoms with Gasteiger partial charge >= 0.3 is 6.09 Å². The molecule has 218 valence electrons. The minimum absolute atomic E-state index is 0.196. The van der Waals surface area contributed by atoms with E-state index in [4.69, 9.17) is 28.7 Å². The maximum atomic E-state index is 12.8. The van der Waals surface area contributed by atoms with E-state index in [0.29, 0.717) is 69.0 Å².